The SMILES string of the molecule is C[C@H]1[C@H]2C(C(=O)c3c(O)c(-c4ccccc4)cc(-c4ccccc4)c3[C@@H]2C)C(=O)[C@]2(O)C(=O)C(C(N)=O)C(=O)[C@@H](N(C)C)[C@H]12. The van der Waals surface area contributed by atoms with Crippen molar-refractivity contribution in [3.05, 3.63) is 77.9 Å². The Labute approximate surface area is 254 Å². The molecule has 8 atom stereocenters. The maximum atomic E-state index is 14.6. The highest BCUT2D eigenvalue weighted by Gasteiger charge is 2.72. The van der Waals surface area contributed by atoms with Gasteiger partial charge in [0.15, 0.2) is 34.7 Å². The predicted molar refractivity (Wildman–Crippen MR) is 161 cm³/mol. The van der Waals surface area contributed by atoms with E-state index < -0.39 is 76.2 Å². The second-order valence-corrected chi connectivity index (χ2v) is 12.6. The monoisotopic (exact) mass is 594 g/mol. The van der Waals surface area contributed by atoms with Gasteiger partial charge >= 0.3 is 0 Å². The Hall–Kier alpha value is -4.47. The summed E-state index contributed by atoms with van der Waals surface area (Å²) in [5, 5.41) is 23.8. The van der Waals surface area contributed by atoms with E-state index in [9.17, 15) is 34.2 Å². The molecule has 226 valence electrons. The number of carbonyl (C=O) groups excluding carboxylic acids is 5. The van der Waals surface area contributed by atoms with E-state index in [1.54, 1.807) is 33.2 Å². The number of phenols is 1. The van der Waals surface area contributed by atoms with Gasteiger partial charge in [0.25, 0.3) is 0 Å². The molecule has 2 fully saturated rings. The molecule has 2 saturated carbocycles. The summed E-state index contributed by atoms with van der Waals surface area (Å²) >= 11 is 0. The van der Waals surface area contributed by atoms with Crippen LogP contribution in [-0.2, 0) is 19.2 Å². The highest BCUT2D eigenvalue weighted by molar-refractivity contribution is 6.32. The molecule has 9 heteroatoms. The summed E-state index contributed by atoms with van der Waals surface area (Å²) in [5.41, 5.74) is 5.77. The fraction of sp³-hybridized carbons (Fsp3) is 0.343. The molecule has 2 unspecified atom stereocenters. The lowest BCUT2D eigenvalue weighted by Gasteiger charge is -2.57. The number of Topliss-reactive ketones (excluding diaryl/α,β-unsaturated/α-hetero) is 4. The topological polar surface area (TPSA) is 155 Å². The maximum Gasteiger partial charge on any atom is 0.235 e. The van der Waals surface area contributed by atoms with Gasteiger partial charge in [0.05, 0.1) is 17.5 Å². The van der Waals surface area contributed by atoms with E-state index in [-0.39, 0.29) is 11.3 Å². The number of hydrogen-bond acceptors (Lipinski definition) is 8. The van der Waals surface area contributed by atoms with Crippen molar-refractivity contribution in [1.29, 1.82) is 0 Å². The van der Waals surface area contributed by atoms with Crippen molar-refractivity contribution in [2.75, 3.05) is 14.1 Å². The standard InChI is InChI=1S/C35H34N2O7/c1-16-22-17(2)27-28(37(3)4)31(40)26(34(36)43)33(42)35(27,44)32(41)25(22)30(39)24-23(16)20(18-11-7-5-8-12-18)15-21(29(24)38)19-13-9-6-10-14-19/h5-17,22,25-28,38,44H,1-4H3,(H2,36,43)/t16-,17+,22+,25?,26?,27+,28+,35+/m1/s1. The Bertz CT molecular complexity index is 1730. The van der Waals surface area contributed by atoms with Gasteiger partial charge in [-0.3, -0.25) is 28.9 Å². The molecule has 0 aliphatic heterocycles. The van der Waals surface area contributed by atoms with Crippen molar-refractivity contribution in [2.45, 2.75) is 31.4 Å². The molecule has 44 heavy (non-hydrogen) atoms. The first-order valence-corrected chi connectivity index (χ1v) is 14.7. The molecular formula is C35H34N2O7. The maximum absolute atomic E-state index is 14.6. The van der Waals surface area contributed by atoms with Gasteiger partial charge in [-0.25, -0.2) is 0 Å². The summed E-state index contributed by atoms with van der Waals surface area (Å²) in [6.07, 6.45) is 0. The molecule has 3 aliphatic carbocycles. The average Bonchev–Trinajstić information content (AvgIpc) is 2.99. The van der Waals surface area contributed by atoms with Gasteiger partial charge in [-0.1, -0.05) is 74.5 Å². The normalized spacial score (nSPS) is 31.4. The molecule has 0 heterocycles. The van der Waals surface area contributed by atoms with E-state index >= 15 is 0 Å². The molecule has 4 N–H and O–H groups in total. The Morgan fingerprint density at radius 3 is 1.93 bits per heavy atom. The van der Waals surface area contributed by atoms with Gasteiger partial charge in [-0.2, -0.15) is 0 Å². The molecule has 6 rings (SSSR count). The van der Waals surface area contributed by atoms with Crippen LogP contribution in [0.25, 0.3) is 22.3 Å². The first-order chi connectivity index (χ1) is 20.8. The van der Waals surface area contributed by atoms with Crippen LogP contribution in [0.1, 0.15) is 35.7 Å². The highest BCUT2D eigenvalue weighted by Crippen LogP contribution is 2.59. The van der Waals surface area contributed by atoms with Gasteiger partial charge in [-0.05, 0) is 60.2 Å². The van der Waals surface area contributed by atoms with E-state index in [0.717, 1.165) is 5.56 Å². The number of likely N-dealkylation sites (N-methyl/N-ethyl adjacent to an activating group) is 1. The van der Waals surface area contributed by atoms with Gasteiger partial charge in [-0.15, -0.1) is 0 Å². The van der Waals surface area contributed by atoms with Gasteiger partial charge in [0.2, 0.25) is 5.91 Å². The Morgan fingerprint density at radius 1 is 0.864 bits per heavy atom. The van der Waals surface area contributed by atoms with E-state index in [4.69, 9.17) is 5.73 Å². The minimum Gasteiger partial charge on any atom is -0.507 e. The van der Waals surface area contributed by atoms with Crippen molar-refractivity contribution in [3.8, 4) is 28.0 Å². The minimum atomic E-state index is -2.80. The molecule has 3 aromatic rings. The number of benzene rings is 3. The van der Waals surface area contributed by atoms with E-state index in [1.807, 2.05) is 61.5 Å². The molecule has 9 nitrogen and oxygen atoms in total. The number of aliphatic hydroxyl groups is 1. The summed E-state index contributed by atoms with van der Waals surface area (Å²) in [6, 6.07) is 19.2. The lowest BCUT2D eigenvalue weighted by atomic mass is 9.47. The van der Waals surface area contributed by atoms with Gasteiger partial charge in [0, 0.05) is 11.5 Å². The number of hydrogen-bond donors (Lipinski definition) is 3. The van der Waals surface area contributed by atoms with Crippen LogP contribution < -0.4 is 5.73 Å². The van der Waals surface area contributed by atoms with Crippen LogP contribution in [0.2, 0.25) is 0 Å². The van der Waals surface area contributed by atoms with Crippen LogP contribution in [-0.4, -0.2) is 69.9 Å². The largest absolute Gasteiger partial charge is 0.507 e. The zero-order valence-electron chi connectivity index (χ0n) is 24.9. The molecule has 3 aliphatic rings. The third kappa shape index (κ3) is 3.89. The molecule has 1 amide bonds. The van der Waals surface area contributed by atoms with Crippen molar-refractivity contribution in [3.63, 3.8) is 0 Å². The van der Waals surface area contributed by atoms with Crippen LogP contribution in [0, 0.1) is 29.6 Å². The molecule has 0 saturated heterocycles. The Kier molecular flexibility index (Phi) is 6.94. The third-order valence-corrected chi connectivity index (χ3v) is 10.2. The molecule has 0 spiro atoms. The number of fused-ring (bicyclic) bond motifs is 3. The van der Waals surface area contributed by atoms with Crippen molar-refractivity contribution >= 4 is 29.0 Å². The fourth-order valence-corrected chi connectivity index (χ4v) is 8.33. The summed E-state index contributed by atoms with van der Waals surface area (Å²) in [6.45, 7) is 3.60. The number of nitrogens with zero attached hydrogens (tertiary/aromatic N) is 1. The molecule has 0 radical (unpaired) electrons. The number of ketones is 4. The summed E-state index contributed by atoms with van der Waals surface area (Å²) in [4.78, 5) is 70.1. The van der Waals surface area contributed by atoms with Crippen LogP contribution >= 0.6 is 0 Å². The van der Waals surface area contributed by atoms with Crippen molar-refractivity contribution in [1.82, 2.24) is 4.90 Å². The fourth-order valence-electron chi connectivity index (χ4n) is 8.33. The number of rotatable bonds is 4. The first kappa shape index (κ1) is 29.6. The van der Waals surface area contributed by atoms with E-state index in [0.29, 0.717) is 22.3 Å². The number of amides is 1. The molecule has 3 aromatic carbocycles. The zero-order chi connectivity index (χ0) is 31.8. The number of nitrogens with two attached hydrogens (primary N) is 1. The quantitative estimate of drug-likeness (QED) is 0.390. The Balaban J connectivity index is 1.62. The number of aromatic hydroxyl groups is 1. The lowest BCUT2D eigenvalue weighted by Crippen LogP contribution is -2.76. The predicted octanol–water partition coefficient (Wildman–Crippen LogP) is 3.01. The second-order valence-electron chi connectivity index (χ2n) is 12.6. The lowest BCUT2D eigenvalue weighted by molar-refractivity contribution is -0.188. The van der Waals surface area contributed by atoms with Gasteiger partial charge < -0.3 is 15.9 Å². The molecular weight excluding hydrogens is 560 g/mol. The second kappa shape index (κ2) is 10.3. The van der Waals surface area contributed by atoms with Crippen LogP contribution in [0.5, 0.6) is 5.75 Å². The Morgan fingerprint density at radius 2 is 1.41 bits per heavy atom. The van der Waals surface area contributed by atoms with Crippen LogP contribution in [0.15, 0.2) is 66.7 Å². The van der Waals surface area contributed by atoms with E-state index in [2.05, 4.69) is 0 Å². The average molecular weight is 595 g/mol. The number of carbonyl (C=O) groups is 5. The first-order valence-electron chi connectivity index (χ1n) is 14.7. The summed E-state index contributed by atoms with van der Waals surface area (Å²) < 4.78 is 0. The van der Waals surface area contributed by atoms with Crippen LogP contribution in [0.3, 0.4) is 0 Å². The zero-order valence-corrected chi connectivity index (χ0v) is 24.9. The highest BCUT2D eigenvalue weighted by atomic mass is 16.3. The summed E-state index contributed by atoms with van der Waals surface area (Å²) in [7, 11) is 3.14. The minimum absolute atomic E-state index is 0.0310. The number of phenolic OH excluding ortho intramolecular Hbond substituents is 1. The van der Waals surface area contributed by atoms with Crippen molar-refractivity contribution in [2.24, 2.45) is 35.3 Å². The summed E-state index contributed by atoms with van der Waals surface area (Å²) in [5.74, 6) is -12.1. The number of primary amides is 1. The molecule has 0 aromatic heterocycles. The van der Waals surface area contributed by atoms with Gasteiger partial charge in [0.1, 0.15) is 5.75 Å². The molecule has 0 bridgehead atoms. The van der Waals surface area contributed by atoms with Crippen LogP contribution in [0.4, 0.5) is 0 Å². The van der Waals surface area contributed by atoms with E-state index in [1.165, 1.54) is 4.90 Å². The van der Waals surface area contributed by atoms with Crippen molar-refractivity contribution < 1.29 is 34.2 Å². The smallest absolute Gasteiger partial charge is 0.235 e. The third-order valence-electron chi connectivity index (χ3n) is 10.2.